The van der Waals surface area contributed by atoms with Crippen molar-refractivity contribution in [2.75, 3.05) is 25.2 Å². The number of carbonyl (C=O) groups excluding carboxylic acids is 1. The summed E-state index contributed by atoms with van der Waals surface area (Å²) in [5, 5.41) is 8.67. The van der Waals surface area contributed by atoms with Gasteiger partial charge < -0.3 is 10.0 Å². The van der Waals surface area contributed by atoms with Crippen LogP contribution < -0.4 is 0 Å². The number of benzene rings is 1. The summed E-state index contributed by atoms with van der Waals surface area (Å²) in [5.74, 6) is 8.08. The highest BCUT2D eigenvalue weighted by atomic mass is 32.2. The number of rotatable bonds is 3. The summed E-state index contributed by atoms with van der Waals surface area (Å²) >= 11 is 1.90. The number of amides is 1. The van der Waals surface area contributed by atoms with Crippen molar-refractivity contribution in [3.63, 3.8) is 0 Å². The van der Waals surface area contributed by atoms with Gasteiger partial charge in [-0.25, -0.2) is 0 Å². The van der Waals surface area contributed by atoms with Crippen LogP contribution >= 0.6 is 11.8 Å². The fourth-order valence-electron chi connectivity index (χ4n) is 2.11. The number of hydrogen-bond donors (Lipinski definition) is 1. The number of thioether (sulfide) groups is 1. The Labute approximate surface area is 124 Å². The molecule has 1 aliphatic rings. The molecule has 1 fully saturated rings. The fraction of sp³-hybridized carbons (Fsp3) is 0.438. The van der Waals surface area contributed by atoms with Crippen LogP contribution in [0, 0.1) is 11.8 Å². The normalized spacial score (nSPS) is 17.4. The van der Waals surface area contributed by atoms with E-state index in [0.717, 1.165) is 23.5 Å². The zero-order chi connectivity index (χ0) is 14.4. The van der Waals surface area contributed by atoms with E-state index in [2.05, 4.69) is 11.8 Å². The quantitative estimate of drug-likeness (QED) is 0.865. The van der Waals surface area contributed by atoms with Crippen LogP contribution in [0.4, 0.5) is 0 Å². The third-order valence-corrected chi connectivity index (χ3v) is 4.52. The van der Waals surface area contributed by atoms with Crippen LogP contribution in [-0.2, 0) is 0 Å². The van der Waals surface area contributed by atoms with Crippen LogP contribution in [0.5, 0.6) is 0 Å². The lowest BCUT2D eigenvalue weighted by molar-refractivity contribution is 0.0748. The summed E-state index contributed by atoms with van der Waals surface area (Å²) in [7, 11) is 1.88. The lowest BCUT2D eigenvalue weighted by Gasteiger charge is -2.23. The number of nitrogens with zero attached hydrogens (tertiary/aromatic N) is 1. The lowest BCUT2D eigenvalue weighted by atomic mass is 10.1. The summed E-state index contributed by atoms with van der Waals surface area (Å²) in [4.78, 5) is 14.2. The van der Waals surface area contributed by atoms with Gasteiger partial charge in [-0.1, -0.05) is 11.8 Å². The van der Waals surface area contributed by atoms with Gasteiger partial charge in [0.2, 0.25) is 0 Å². The minimum absolute atomic E-state index is 0.0763. The maximum Gasteiger partial charge on any atom is 0.253 e. The third-order valence-electron chi connectivity index (χ3n) is 3.38. The molecule has 1 saturated heterocycles. The molecule has 1 aliphatic heterocycles. The smallest absolute Gasteiger partial charge is 0.253 e. The maximum atomic E-state index is 12.4. The lowest BCUT2D eigenvalue weighted by Crippen LogP contribution is -2.36. The van der Waals surface area contributed by atoms with Gasteiger partial charge in [-0.3, -0.25) is 4.79 Å². The predicted molar refractivity (Wildman–Crippen MR) is 82.8 cm³/mol. The van der Waals surface area contributed by atoms with E-state index in [1.807, 2.05) is 48.0 Å². The highest BCUT2D eigenvalue weighted by Crippen LogP contribution is 2.22. The standard InChI is InChI=1S/C16H19NO2S/c1-17(15-9-11-20-12-15)16(19)14-7-5-13(6-8-14)4-2-3-10-18/h5-8,15,18H,3,9-12H2,1H3. The SMILES string of the molecule is CN(C(=O)c1ccc(C#CCCO)cc1)C1CCSC1. The van der Waals surface area contributed by atoms with Gasteiger partial charge in [0.05, 0.1) is 6.61 Å². The molecule has 20 heavy (non-hydrogen) atoms. The number of hydrogen-bond acceptors (Lipinski definition) is 3. The van der Waals surface area contributed by atoms with Crippen LogP contribution in [0.2, 0.25) is 0 Å². The minimum Gasteiger partial charge on any atom is -0.395 e. The Morgan fingerprint density at radius 2 is 2.20 bits per heavy atom. The molecule has 1 atom stereocenters. The molecule has 3 nitrogen and oxygen atoms in total. The van der Waals surface area contributed by atoms with E-state index in [4.69, 9.17) is 5.11 Å². The number of aliphatic hydroxyl groups is 1. The summed E-state index contributed by atoms with van der Waals surface area (Å²) in [5.41, 5.74) is 1.58. The first-order valence-corrected chi connectivity index (χ1v) is 7.92. The molecule has 1 N–H and O–H groups in total. The first-order valence-electron chi connectivity index (χ1n) is 6.77. The van der Waals surface area contributed by atoms with Gasteiger partial charge in [0, 0.05) is 36.4 Å². The highest BCUT2D eigenvalue weighted by molar-refractivity contribution is 7.99. The van der Waals surface area contributed by atoms with E-state index < -0.39 is 0 Å². The van der Waals surface area contributed by atoms with Crippen molar-refractivity contribution in [2.45, 2.75) is 18.9 Å². The van der Waals surface area contributed by atoms with Crippen LogP contribution in [0.15, 0.2) is 24.3 Å². The van der Waals surface area contributed by atoms with E-state index in [1.165, 1.54) is 0 Å². The molecular weight excluding hydrogens is 270 g/mol. The van der Waals surface area contributed by atoms with Crippen molar-refractivity contribution in [3.8, 4) is 11.8 Å². The van der Waals surface area contributed by atoms with Gasteiger partial charge in [-0.15, -0.1) is 0 Å². The fourth-order valence-corrected chi connectivity index (χ4v) is 3.38. The maximum absolute atomic E-state index is 12.4. The van der Waals surface area contributed by atoms with Crippen LogP contribution in [-0.4, -0.2) is 47.1 Å². The van der Waals surface area contributed by atoms with Gasteiger partial charge >= 0.3 is 0 Å². The average molecular weight is 289 g/mol. The molecule has 1 aromatic rings. The second-order valence-corrected chi connectivity index (χ2v) is 5.94. The Hall–Kier alpha value is -1.44. The zero-order valence-electron chi connectivity index (χ0n) is 11.6. The molecule has 1 amide bonds. The Kier molecular flexibility index (Phi) is 5.51. The molecule has 0 aromatic heterocycles. The Bertz CT molecular complexity index is 510. The first kappa shape index (κ1) is 15.0. The molecule has 0 spiro atoms. The van der Waals surface area contributed by atoms with Gasteiger partial charge in [-0.2, -0.15) is 11.8 Å². The van der Waals surface area contributed by atoms with E-state index in [1.54, 1.807) is 0 Å². The molecule has 0 aliphatic carbocycles. The molecule has 0 radical (unpaired) electrons. The molecule has 2 rings (SSSR count). The summed E-state index contributed by atoms with van der Waals surface area (Å²) < 4.78 is 0. The van der Waals surface area contributed by atoms with Gasteiger partial charge in [0.1, 0.15) is 0 Å². The van der Waals surface area contributed by atoms with Crippen LogP contribution in [0.1, 0.15) is 28.8 Å². The van der Waals surface area contributed by atoms with Crippen LogP contribution in [0.3, 0.4) is 0 Å². The molecule has 0 saturated carbocycles. The Morgan fingerprint density at radius 3 is 2.80 bits per heavy atom. The molecule has 4 heteroatoms. The third kappa shape index (κ3) is 3.78. The predicted octanol–water partition coefficient (Wildman–Crippen LogP) is 2.00. The summed E-state index contributed by atoms with van der Waals surface area (Å²) in [6, 6.07) is 7.72. The topological polar surface area (TPSA) is 40.5 Å². The molecule has 0 bridgehead atoms. The van der Waals surface area contributed by atoms with Crippen molar-refractivity contribution in [2.24, 2.45) is 0 Å². The first-order chi connectivity index (χ1) is 9.72. The molecule has 1 unspecified atom stereocenters. The summed E-state index contributed by atoms with van der Waals surface area (Å²) in [6.45, 7) is 0.0771. The molecule has 106 valence electrons. The Morgan fingerprint density at radius 1 is 1.45 bits per heavy atom. The van der Waals surface area contributed by atoms with Crippen molar-refractivity contribution in [3.05, 3.63) is 35.4 Å². The Balaban J connectivity index is 2.02. The van der Waals surface area contributed by atoms with Crippen LogP contribution in [0.25, 0.3) is 0 Å². The van der Waals surface area contributed by atoms with E-state index >= 15 is 0 Å². The average Bonchev–Trinajstić information content (AvgIpc) is 3.01. The van der Waals surface area contributed by atoms with E-state index in [0.29, 0.717) is 18.0 Å². The second-order valence-electron chi connectivity index (χ2n) is 4.79. The van der Waals surface area contributed by atoms with Crippen molar-refractivity contribution >= 4 is 17.7 Å². The summed E-state index contributed by atoms with van der Waals surface area (Å²) in [6.07, 6.45) is 1.56. The molecular formula is C16H19NO2S. The van der Waals surface area contributed by atoms with Gasteiger partial charge in [0.25, 0.3) is 5.91 Å². The highest BCUT2D eigenvalue weighted by Gasteiger charge is 2.24. The van der Waals surface area contributed by atoms with E-state index in [-0.39, 0.29) is 12.5 Å². The zero-order valence-corrected chi connectivity index (χ0v) is 12.4. The largest absolute Gasteiger partial charge is 0.395 e. The van der Waals surface area contributed by atoms with Crippen molar-refractivity contribution < 1.29 is 9.90 Å². The monoisotopic (exact) mass is 289 g/mol. The molecule has 1 aromatic carbocycles. The van der Waals surface area contributed by atoms with Crippen molar-refractivity contribution in [1.29, 1.82) is 0 Å². The van der Waals surface area contributed by atoms with Crippen molar-refractivity contribution in [1.82, 2.24) is 4.90 Å². The molecule has 1 heterocycles. The van der Waals surface area contributed by atoms with E-state index in [9.17, 15) is 4.79 Å². The minimum atomic E-state index is 0.0763. The van der Waals surface area contributed by atoms with Gasteiger partial charge in [0.15, 0.2) is 0 Å². The van der Waals surface area contributed by atoms with Gasteiger partial charge in [-0.05, 0) is 36.4 Å². The number of aliphatic hydroxyl groups excluding tert-OH is 1. The second kappa shape index (κ2) is 7.37. The number of carbonyl (C=O) groups is 1.